The monoisotopic (exact) mass is 191 g/mol. The van der Waals surface area contributed by atoms with Crippen LogP contribution in [0.2, 0.25) is 0 Å². The number of hydrogen-bond acceptors (Lipinski definition) is 2. The zero-order valence-electron chi connectivity index (χ0n) is 7.47. The number of benzene rings is 1. The molecule has 1 heterocycles. The molecule has 0 fully saturated rings. The van der Waals surface area contributed by atoms with Crippen molar-refractivity contribution in [3.63, 3.8) is 0 Å². The van der Waals surface area contributed by atoms with Gasteiger partial charge in [0.1, 0.15) is 0 Å². The van der Waals surface area contributed by atoms with Crippen molar-refractivity contribution in [3.8, 4) is 10.6 Å². The third-order valence-electron chi connectivity index (χ3n) is 1.85. The van der Waals surface area contributed by atoms with Crippen LogP contribution >= 0.6 is 11.3 Å². The molecule has 0 N–H and O–H groups in total. The molecule has 66 valence electrons. The van der Waals surface area contributed by atoms with E-state index in [1.165, 1.54) is 5.56 Å². The topological polar surface area (TPSA) is 16.8 Å². The quantitative estimate of drug-likeness (QED) is 0.664. The zero-order chi connectivity index (χ0) is 9.10. The summed E-state index contributed by atoms with van der Waals surface area (Å²) in [5.74, 6) is 0. The highest BCUT2D eigenvalue weighted by atomic mass is 32.1. The standard InChI is InChI=1S/C10H11N2S/c1-2-12-8-13-10(11-12)9-6-4-3-5-7-9/h3-8H,2H2,1H3/q+1. The first-order valence-corrected chi connectivity index (χ1v) is 5.19. The van der Waals surface area contributed by atoms with Crippen molar-refractivity contribution >= 4 is 11.3 Å². The molecule has 0 aliphatic rings. The second kappa shape index (κ2) is 3.66. The summed E-state index contributed by atoms with van der Waals surface area (Å²) < 4.78 is 1.95. The van der Waals surface area contributed by atoms with E-state index in [9.17, 15) is 0 Å². The average molecular weight is 191 g/mol. The molecule has 2 aromatic rings. The molecule has 0 saturated carbocycles. The minimum atomic E-state index is 0.934. The van der Waals surface area contributed by atoms with Gasteiger partial charge in [0.05, 0.1) is 0 Å². The van der Waals surface area contributed by atoms with Crippen LogP contribution in [0.1, 0.15) is 6.92 Å². The molecule has 0 spiro atoms. The van der Waals surface area contributed by atoms with Crippen molar-refractivity contribution in [1.29, 1.82) is 0 Å². The molecule has 0 radical (unpaired) electrons. The molecular weight excluding hydrogens is 180 g/mol. The Balaban J connectivity index is 2.36. The Labute approximate surface area is 81.5 Å². The molecule has 1 aromatic heterocycles. The lowest BCUT2D eigenvalue weighted by atomic mass is 10.2. The van der Waals surface area contributed by atoms with Gasteiger partial charge in [-0.15, -0.1) is 0 Å². The maximum absolute atomic E-state index is 4.43. The van der Waals surface area contributed by atoms with Gasteiger partial charge in [0.25, 0.3) is 5.51 Å². The predicted molar refractivity (Wildman–Crippen MR) is 53.4 cm³/mol. The summed E-state index contributed by atoms with van der Waals surface area (Å²) in [4.78, 5) is 0. The largest absolute Gasteiger partial charge is 0.253 e. The molecule has 0 atom stereocenters. The number of aromatic nitrogens is 2. The Morgan fingerprint density at radius 2 is 2.08 bits per heavy atom. The van der Waals surface area contributed by atoms with Gasteiger partial charge < -0.3 is 0 Å². The Morgan fingerprint density at radius 3 is 2.69 bits per heavy atom. The first-order valence-electron chi connectivity index (χ1n) is 4.31. The first-order chi connectivity index (χ1) is 6.40. The van der Waals surface area contributed by atoms with Gasteiger partial charge in [-0.25, -0.2) is 0 Å². The van der Waals surface area contributed by atoms with Crippen molar-refractivity contribution in [2.24, 2.45) is 0 Å². The predicted octanol–water partition coefficient (Wildman–Crippen LogP) is 2.12. The Bertz CT molecular complexity index is 381. The summed E-state index contributed by atoms with van der Waals surface area (Å²) in [5.41, 5.74) is 3.24. The summed E-state index contributed by atoms with van der Waals surface area (Å²) in [6, 6.07) is 10.3. The smallest absolute Gasteiger partial charge is 0.0801 e. The second-order valence-corrected chi connectivity index (χ2v) is 3.58. The fourth-order valence-corrected chi connectivity index (χ4v) is 1.97. The van der Waals surface area contributed by atoms with E-state index in [1.54, 1.807) is 11.3 Å². The van der Waals surface area contributed by atoms with Crippen LogP contribution in [0.5, 0.6) is 0 Å². The van der Waals surface area contributed by atoms with Gasteiger partial charge in [-0.2, -0.15) is 0 Å². The van der Waals surface area contributed by atoms with Crippen LogP contribution < -0.4 is 4.68 Å². The first kappa shape index (κ1) is 8.38. The number of rotatable bonds is 2. The Kier molecular flexibility index (Phi) is 2.36. The molecule has 2 rings (SSSR count). The molecule has 0 amide bonds. The maximum Gasteiger partial charge on any atom is 0.253 e. The zero-order valence-corrected chi connectivity index (χ0v) is 8.29. The third-order valence-corrected chi connectivity index (χ3v) is 2.74. The lowest BCUT2D eigenvalue weighted by molar-refractivity contribution is -0.745. The summed E-state index contributed by atoms with van der Waals surface area (Å²) in [7, 11) is 0. The van der Waals surface area contributed by atoms with Crippen molar-refractivity contribution in [3.05, 3.63) is 35.8 Å². The highest BCUT2D eigenvalue weighted by molar-refractivity contribution is 7.12. The number of nitrogens with zero attached hydrogens (tertiary/aromatic N) is 2. The molecule has 0 saturated heterocycles. The van der Waals surface area contributed by atoms with Crippen molar-refractivity contribution < 1.29 is 4.68 Å². The number of hydrogen-bond donors (Lipinski definition) is 0. The summed E-state index contributed by atoms with van der Waals surface area (Å²) in [6.45, 7) is 3.03. The minimum Gasteiger partial charge on any atom is -0.0801 e. The van der Waals surface area contributed by atoms with E-state index < -0.39 is 0 Å². The van der Waals surface area contributed by atoms with E-state index >= 15 is 0 Å². The van der Waals surface area contributed by atoms with Crippen molar-refractivity contribution in [2.45, 2.75) is 13.5 Å². The van der Waals surface area contributed by atoms with E-state index in [4.69, 9.17) is 0 Å². The van der Waals surface area contributed by atoms with Gasteiger partial charge in [0.2, 0.25) is 0 Å². The molecule has 3 heteroatoms. The van der Waals surface area contributed by atoms with E-state index in [0.717, 1.165) is 11.6 Å². The lowest BCUT2D eigenvalue weighted by Crippen LogP contribution is -2.32. The van der Waals surface area contributed by atoms with E-state index in [0.29, 0.717) is 0 Å². The fraction of sp³-hybridized carbons (Fsp3) is 0.200. The van der Waals surface area contributed by atoms with Gasteiger partial charge in [-0.1, -0.05) is 35.0 Å². The van der Waals surface area contributed by atoms with Gasteiger partial charge in [0, 0.05) is 10.7 Å². The molecule has 1 aromatic carbocycles. The van der Waals surface area contributed by atoms with Gasteiger partial charge in [0.15, 0.2) is 11.6 Å². The molecule has 2 nitrogen and oxygen atoms in total. The van der Waals surface area contributed by atoms with Crippen LogP contribution in [0.15, 0.2) is 35.8 Å². The van der Waals surface area contributed by atoms with Crippen LogP contribution in [0.25, 0.3) is 10.6 Å². The SMILES string of the molecule is CC[n+]1csc(-c2ccccc2)n1. The highest BCUT2D eigenvalue weighted by Crippen LogP contribution is 2.18. The van der Waals surface area contributed by atoms with Crippen LogP contribution in [-0.4, -0.2) is 5.10 Å². The van der Waals surface area contributed by atoms with E-state index in [1.807, 2.05) is 28.4 Å². The van der Waals surface area contributed by atoms with Crippen LogP contribution in [0, 0.1) is 0 Å². The lowest BCUT2D eigenvalue weighted by Gasteiger charge is -1.89. The highest BCUT2D eigenvalue weighted by Gasteiger charge is 2.07. The Hall–Kier alpha value is -1.22. The normalized spacial score (nSPS) is 10.2. The average Bonchev–Trinajstić information content (AvgIpc) is 2.67. The summed E-state index contributed by atoms with van der Waals surface area (Å²) in [6.07, 6.45) is 0. The third kappa shape index (κ3) is 1.75. The van der Waals surface area contributed by atoms with Gasteiger partial charge in [-0.05, 0) is 18.3 Å². The molecule has 0 aliphatic carbocycles. The summed E-state index contributed by atoms with van der Waals surface area (Å²) in [5, 5.41) is 5.52. The maximum atomic E-state index is 4.43. The van der Waals surface area contributed by atoms with Crippen LogP contribution in [-0.2, 0) is 6.54 Å². The molecular formula is C10H11N2S+. The minimum absolute atomic E-state index is 0.934. The Morgan fingerprint density at radius 1 is 1.31 bits per heavy atom. The molecule has 0 unspecified atom stereocenters. The van der Waals surface area contributed by atoms with Crippen LogP contribution in [0.3, 0.4) is 0 Å². The number of aryl methyl sites for hydroxylation is 1. The molecule has 13 heavy (non-hydrogen) atoms. The van der Waals surface area contributed by atoms with Crippen molar-refractivity contribution in [1.82, 2.24) is 5.10 Å². The van der Waals surface area contributed by atoms with Crippen LogP contribution in [0.4, 0.5) is 0 Å². The van der Waals surface area contributed by atoms with Crippen molar-refractivity contribution in [2.75, 3.05) is 0 Å². The molecule has 0 bridgehead atoms. The second-order valence-electron chi connectivity index (χ2n) is 2.75. The van der Waals surface area contributed by atoms with E-state index in [-0.39, 0.29) is 0 Å². The fourth-order valence-electron chi connectivity index (χ4n) is 1.13. The molecule has 0 aliphatic heterocycles. The van der Waals surface area contributed by atoms with E-state index in [2.05, 4.69) is 24.2 Å². The summed E-state index contributed by atoms with van der Waals surface area (Å²) >= 11 is 1.68. The van der Waals surface area contributed by atoms with Gasteiger partial charge in [-0.3, -0.25) is 0 Å². The van der Waals surface area contributed by atoms with Gasteiger partial charge >= 0.3 is 0 Å².